The zero-order valence-corrected chi connectivity index (χ0v) is 18.0. The van der Waals surface area contributed by atoms with E-state index < -0.39 is 5.82 Å². The average molecular weight is 503 g/mol. The maximum absolute atomic E-state index is 13.5. The van der Waals surface area contributed by atoms with E-state index in [2.05, 4.69) is 20.4 Å². The zero-order chi connectivity index (χ0) is 19.2. The number of rotatable bonds is 5. The maximum Gasteiger partial charge on any atom is 0.250 e. The van der Waals surface area contributed by atoms with Crippen molar-refractivity contribution in [3.8, 4) is 5.88 Å². The van der Waals surface area contributed by atoms with Crippen molar-refractivity contribution in [2.24, 2.45) is 12.0 Å². The van der Waals surface area contributed by atoms with Gasteiger partial charge in [-0.25, -0.2) is 9.37 Å². The predicted octanol–water partition coefficient (Wildman–Crippen LogP) is 0.875. The van der Waals surface area contributed by atoms with Crippen LogP contribution in [0.25, 0.3) is 0 Å². The van der Waals surface area contributed by atoms with Gasteiger partial charge in [-0.3, -0.25) is 14.5 Å². The molecule has 1 saturated heterocycles. The van der Waals surface area contributed by atoms with Crippen LogP contribution >= 0.6 is 24.0 Å². The molecule has 0 aliphatic carbocycles. The molecule has 1 N–H and O–H groups in total. The largest absolute Gasteiger partial charge is 0.474 e. The number of pyridine rings is 1. The summed E-state index contributed by atoms with van der Waals surface area (Å²) in [6, 6.07) is 2.80. The number of guanidine groups is 1. The monoisotopic (exact) mass is 503 g/mol. The SMILES string of the molecule is CN=C(NCCOc1ncccc1F)N1CCN(c2cnn(C)c2)C(=O)C1.I. The minimum Gasteiger partial charge on any atom is -0.474 e. The highest BCUT2D eigenvalue weighted by atomic mass is 127. The molecule has 2 aromatic heterocycles. The van der Waals surface area contributed by atoms with E-state index in [1.807, 2.05) is 18.1 Å². The number of carbonyl (C=O) groups is 1. The number of aromatic nitrogens is 3. The molecule has 2 aromatic rings. The van der Waals surface area contributed by atoms with Gasteiger partial charge in [0, 0.05) is 39.6 Å². The lowest BCUT2D eigenvalue weighted by Crippen LogP contribution is -2.55. The summed E-state index contributed by atoms with van der Waals surface area (Å²) < 4.78 is 20.4. The highest BCUT2D eigenvalue weighted by Crippen LogP contribution is 2.16. The highest BCUT2D eigenvalue weighted by Gasteiger charge is 2.27. The summed E-state index contributed by atoms with van der Waals surface area (Å²) in [7, 11) is 3.47. The minimum absolute atomic E-state index is 0. The number of anilines is 1. The standard InChI is InChI=1S/C17H22FN7O2.HI/c1-19-17(21-6-9-27-16-14(18)4-3-5-20-16)24-7-8-25(15(26)12-24)13-10-22-23(2)11-13;/h3-5,10-11H,6-9,12H2,1-2H3,(H,19,21);1H. The Labute approximate surface area is 179 Å². The van der Waals surface area contributed by atoms with Crippen molar-refractivity contribution in [3.63, 3.8) is 0 Å². The number of hydrogen-bond donors (Lipinski definition) is 1. The van der Waals surface area contributed by atoms with E-state index in [0.29, 0.717) is 25.6 Å². The number of ether oxygens (including phenoxy) is 1. The highest BCUT2D eigenvalue weighted by molar-refractivity contribution is 14.0. The van der Waals surface area contributed by atoms with Gasteiger partial charge < -0.3 is 19.9 Å². The molecule has 0 atom stereocenters. The van der Waals surface area contributed by atoms with Gasteiger partial charge in [-0.15, -0.1) is 24.0 Å². The van der Waals surface area contributed by atoms with Crippen LogP contribution in [0.15, 0.2) is 35.7 Å². The number of hydrogen-bond acceptors (Lipinski definition) is 5. The van der Waals surface area contributed by atoms with Crippen LogP contribution < -0.4 is 15.0 Å². The first-order valence-corrected chi connectivity index (χ1v) is 8.56. The molecule has 152 valence electrons. The molecule has 28 heavy (non-hydrogen) atoms. The molecule has 0 bridgehead atoms. The third-order valence-electron chi connectivity index (χ3n) is 4.08. The molecule has 0 radical (unpaired) electrons. The summed E-state index contributed by atoms with van der Waals surface area (Å²) >= 11 is 0. The minimum atomic E-state index is -0.501. The molecule has 3 rings (SSSR count). The fraction of sp³-hybridized carbons (Fsp3) is 0.412. The Morgan fingerprint density at radius 1 is 1.43 bits per heavy atom. The number of halogens is 2. The molecule has 1 amide bonds. The summed E-state index contributed by atoms with van der Waals surface area (Å²) in [5.74, 6) is 0.0387. The van der Waals surface area contributed by atoms with Crippen molar-refractivity contribution in [1.29, 1.82) is 0 Å². The lowest BCUT2D eigenvalue weighted by molar-refractivity contribution is -0.120. The summed E-state index contributed by atoms with van der Waals surface area (Å²) in [4.78, 5) is 24.1. The van der Waals surface area contributed by atoms with Gasteiger partial charge in [-0.05, 0) is 12.1 Å². The fourth-order valence-electron chi connectivity index (χ4n) is 2.79. The molecule has 1 fully saturated rings. The van der Waals surface area contributed by atoms with Gasteiger partial charge in [-0.1, -0.05) is 0 Å². The van der Waals surface area contributed by atoms with E-state index in [-0.39, 0.29) is 48.9 Å². The first kappa shape index (κ1) is 21.9. The van der Waals surface area contributed by atoms with Crippen molar-refractivity contribution >= 4 is 41.5 Å². The lowest BCUT2D eigenvalue weighted by atomic mass is 10.3. The topological polar surface area (TPSA) is 87.9 Å². The van der Waals surface area contributed by atoms with E-state index in [4.69, 9.17) is 4.74 Å². The number of aryl methyl sites for hydroxylation is 1. The Bertz CT molecular complexity index is 829. The predicted molar refractivity (Wildman–Crippen MR) is 114 cm³/mol. The summed E-state index contributed by atoms with van der Waals surface area (Å²) in [5.41, 5.74) is 0.788. The van der Waals surface area contributed by atoms with Crippen molar-refractivity contribution in [2.45, 2.75) is 0 Å². The number of amides is 1. The van der Waals surface area contributed by atoms with Crippen LogP contribution in [0.4, 0.5) is 10.1 Å². The van der Waals surface area contributed by atoms with Crippen LogP contribution in [0, 0.1) is 5.82 Å². The normalized spacial score (nSPS) is 14.7. The second-order valence-electron chi connectivity index (χ2n) is 5.95. The Morgan fingerprint density at radius 2 is 2.25 bits per heavy atom. The van der Waals surface area contributed by atoms with Gasteiger partial charge in [0.2, 0.25) is 11.8 Å². The van der Waals surface area contributed by atoms with Gasteiger partial charge >= 0.3 is 0 Å². The fourth-order valence-corrected chi connectivity index (χ4v) is 2.79. The molecule has 11 heteroatoms. The van der Waals surface area contributed by atoms with Crippen molar-refractivity contribution in [1.82, 2.24) is 25.0 Å². The van der Waals surface area contributed by atoms with Gasteiger partial charge in [0.15, 0.2) is 11.8 Å². The smallest absolute Gasteiger partial charge is 0.250 e. The molecular formula is C17H23FIN7O2. The molecule has 9 nitrogen and oxygen atoms in total. The van der Waals surface area contributed by atoms with Crippen molar-refractivity contribution < 1.29 is 13.9 Å². The van der Waals surface area contributed by atoms with Crippen molar-refractivity contribution in [2.75, 3.05) is 44.7 Å². The second kappa shape index (κ2) is 10.2. The third-order valence-corrected chi connectivity index (χ3v) is 4.08. The first-order chi connectivity index (χ1) is 13.1. The van der Waals surface area contributed by atoms with E-state index in [1.165, 1.54) is 18.3 Å². The molecule has 0 aromatic carbocycles. The molecule has 0 unspecified atom stereocenters. The first-order valence-electron chi connectivity index (χ1n) is 8.56. The average Bonchev–Trinajstić information content (AvgIpc) is 3.09. The van der Waals surface area contributed by atoms with Crippen LogP contribution in [0.5, 0.6) is 5.88 Å². The van der Waals surface area contributed by atoms with Crippen LogP contribution in [0.2, 0.25) is 0 Å². The molecule has 1 aliphatic rings. The summed E-state index contributed by atoms with van der Waals surface area (Å²) in [5, 5.41) is 7.23. The molecule has 0 saturated carbocycles. The van der Waals surface area contributed by atoms with Gasteiger partial charge in [0.25, 0.3) is 0 Å². The zero-order valence-electron chi connectivity index (χ0n) is 15.7. The molecule has 0 spiro atoms. The Morgan fingerprint density at radius 3 is 2.89 bits per heavy atom. The van der Waals surface area contributed by atoms with E-state index in [0.717, 1.165) is 5.69 Å². The van der Waals surface area contributed by atoms with Crippen LogP contribution in [0.3, 0.4) is 0 Å². The Hall–Kier alpha value is -2.44. The number of aliphatic imine (C=N–C) groups is 1. The lowest BCUT2D eigenvalue weighted by Gasteiger charge is -2.35. The number of piperazine rings is 1. The summed E-state index contributed by atoms with van der Waals surface area (Å²) in [6.45, 7) is 2.01. The summed E-state index contributed by atoms with van der Waals surface area (Å²) in [6.07, 6.45) is 4.96. The molecule has 3 heterocycles. The molecular weight excluding hydrogens is 480 g/mol. The van der Waals surface area contributed by atoms with E-state index in [1.54, 1.807) is 22.8 Å². The second-order valence-corrected chi connectivity index (χ2v) is 5.95. The number of nitrogens with one attached hydrogen (secondary N) is 1. The van der Waals surface area contributed by atoms with Gasteiger partial charge in [-0.2, -0.15) is 5.10 Å². The van der Waals surface area contributed by atoms with Gasteiger partial charge in [0.05, 0.1) is 18.4 Å². The van der Waals surface area contributed by atoms with E-state index in [9.17, 15) is 9.18 Å². The molecule has 1 aliphatic heterocycles. The Kier molecular flexibility index (Phi) is 7.96. The van der Waals surface area contributed by atoms with E-state index >= 15 is 0 Å². The quantitative estimate of drug-likeness (QED) is 0.282. The third kappa shape index (κ3) is 5.30. The van der Waals surface area contributed by atoms with Crippen LogP contribution in [-0.2, 0) is 11.8 Å². The van der Waals surface area contributed by atoms with Crippen LogP contribution in [0.1, 0.15) is 0 Å². The Balaban J connectivity index is 0.00000280. The van der Waals surface area contributed by atoms with Gasteiger partial charge in [0.1, 0.15) is 13.2 Å². The van der Waals surface area contributed by atoms with Crippen LogP contribution in [-0.4, -0.2) is 71.4 Å². The maximum atomic E-state index is 13.5. The number of nitrogens with zero attached hydrogens (tertiary/aromatic N) is 6. The van der Waals surface area contributed by atoms with Crippen molar-refractivity contribution in [3.05, 3.63) is 36.5 Å². The number of carbonyl (C=O) groups excluding carboxylic acids is 1.